The van der Waals surface area contributed by atoms with Crippen LogP contribution in [-0.4, -0.2) is 29.4 Å². The maximum atomic E-state index is 10.9. The Morgan fingerprint density at radius 3 is 2.44 bits per heavy atom. The van der Waals surface area contributed by atoms with Crippen LogP contribution in [0.1, 0.15) is 20.3 Å². The lowest BCUT2D eigenvalue weighted by Gasteiger charge is -2.19. The van der Waals surface area contributed by atoms with Crippen molar-refractivity contribution >= 4 is 23.4 Å². The Bertz CT molecular complexity index is 430. The van der Waals surface area contributed by atoms with Crippen molar-refractivity contribution in [1.82, 2.24) is 0 Å². The molecule has 0 aliphatic heterocycles. The fourth-order valence-corrected chi connectivity index (χ4v) is 2.94. The van der Waals surface area contributed by atoms with Crippen molar-refractivity contribution in [2.75, 3.05) is 11.9 Å². The van der Waals surface area contributed by atoms with E-state index in [1.165, 1.54) is 4.90 Å². The number of nitrogens with zero attached hydrogens (tertiary/aromatic N) is 1. The van der Waals surface area contributed by atoms with Crippen LogP contribution in [0.3, 0.4) is 0 Å². The summed E-state index contributed by atoms with van der Waals surface area (Å²) in [6, 6.07) is 8.51. The van der Waals surface area contributed by atoms with Gasteiger partial charge in [0.2, 0.25) is 0 Å². The van der Waals surface area contributed by atoms with Gasteiger partial charge in [0.05, 0.1) is 5.92 Å². The van der Waals surface area contributed by atoms with E-state index >= 15 is 0 Å². The quantitative estimate of drug-likeness (QED) is 0.831. The molecule has 1 aromatic rings. The smallest absolute Gasteiger partial charge is 0.308 e. The average molecular weight is 265 g/mol. The second-order valence-electron chi connectivity index (χ2n) is 5.02. The van der Waals surface area contributed by atoms with Gasteiger partial charge in [-0.3, -0.25) is 4.79 Å². The second-order valence-corrected chi connectivity index (χ2v) is 6.67. The Morgan fingerprint density at radius 1 is 1.39 bits per heavy atom. The first kappa shape index (κ1) is 13.3. The van der Waals surface area contributed by atoms with Crippen LogP contribution < -0.4 is 4.90 Å². The van der Waals surface area contributed by atoms with E-state index in [9.17, 15) is 4.79 Å². The lowest BCUT2D eigenvalue weighted by Crippen LogP contribution is -2.23. The Balaban J connectivity index is 1.99. The first-order valence-electron chi connectivity index (χ1n) is 6.21. The maximum absolute atomic E-state index is 10.9. The highest BCUT2D eigenvalue weighted by atomic mass is 32.2. The predicted octanol–water partition coefficient (Wildman–Crippen LogP) is 3.10. The summed E-state index contributed by atoms with van der Waals surface area (Å²) >= 11 is 1.84. The highest BCUT2D eigenvalue weighted by Gasteiger charge is 2.46. The van der Waals surface area contributed by atoms with Gasteiger partial charge in [-0.2, -0.15) is 0 Å². The lowest BCUT2D eigenvalue weighted by molar-refractivity contribution is -0.138. The molecule has 1 N–H and O–H groups in total. The molecular weight excluding hydrogens is 246 g/mol. The van der Waals surface area contributed by atoms with E-state index in [2.05, 4.69) is 43.0 Å². The lowest BCUT2D eigenvalue weighted by atomic mass is 10.3. The number of carbonyl (C=O) groups is 1. The molecule has 0 bridgehead atoms. The summed E-state index contributed by atoms with van der Waals surface area (Å²) in [6.07, 6.45) is 0.758. The highest BCUT2D eigenvalue weighted by Crippen LogP contribution is 2.38. The van der Waals surface area contributed by atoms with Crippen molar-refractivity contribution < 1.29 is 9.90 Å². The third-order valence-electron chi connectivity index (χ3n) is 3.19. The van der Waals surface area contributed by atoms with Gasteiger partial charge in [-0.1, -0.05) is 13.8 Å². The van der Waals surface area contributed by atoms with Crippen LogP contribution in [0.25, 0.3) is 0 Å². The molecule has 4 heteroatoms. The summed E-state index contributed by atoms with van der Waals surface area (Å²) in [5.41, 5.74) is 1.09. The Labute approximate surface area is 112 Å². The maximum Gasteiger partial charge on any atom is 0.308 e. The van der Waals surface area contributed by atoms with Crippen molar-refractivity contribution in [2.24, 2.45) is 5.92 Å². The largest absolute Gasteiger partial charge is 0.481 e. The predicted molar refractivity (Wildman–Crippen MR) is 75.4 cm³/mol. The molecule has 1 fully saturated rings. The number of hydrogen-bond donors (Lipinski definition) is 1. The molecule has 98 valence electrons. The van der Waals surface area contributed by atoms with Crippen molar-refractivity contribution in [2.45, 2.75) is 36.5 Å². The van der Waals surface area contributed by atoms with Gasteiger partial charge >= 0.3 is 5.97 Å². The van der Waals surface area contributed by atoms with Crippen LogP contribution >= 0.6 is 11.8 Å². The van der Waals surface area contributed by atoms with Crippen LogP contribution in [0.2, 0.25) is 0 Å². The monoisotopic (exact) mass is 265 g/mol. The summed E-state index contributed by atoms with van der Waals surface area (Å²) in [6.45, 7) is 4.35. The van der Waals surface area contributed by atoms with Gasteiger partial charge < -0.3 is 10.0 Å². The number of anilines is 1. The minimum atomic E-state index is -0.682. The molecule has 0 radical (unpaired) electrons. The number of hydrogen-bond acceptors (Lipinski definition) is 3. The molecule has 1 aliphatic rings. The number of carboxylic acids is 1. The number of benzene rings is 1. The molecular formula is C14H19NO2S. The van der Waals surface area contributed by atoms with Crippen LogP contribution in [0.15, 0.2) is 29.2 Å². The molecule has 2 atom stereocenters. The van der Waals surface area contributed by atoms with E-state index in [1.54, 1.807) is 0 Å². The van der Waals surface area contributed by atoms with E-state index in [-0.39, 0.29) is 12.0 Å². The number of carboxylic acid groups (broad SMARTS) is 1. The van der Waals surface area contributed by atoms with Crippen LogP contribution in [0.5, 0.6) is 0 Å². The SMILES string of the molecule is CC(C)Sc1ccc(N(C)C2CC2C(=O)O)cc1. The summed E-state index contributed by atoms with van der Waals surface area (Å²) in [5, 5.41) is 9.51. The minimum Gasteiger partial charge on any atom is -0.481 e. The molecule has 18 heavy (non-hydrogen) atoms. The number of thioether (sulfide) groups is 1. The third kappa shape index (κ3) is 2.99. The molecule has 3 nitrogen and oxygen atoms in total. The van der Waals surface area contributed by atoms with Gasteiger partial charge in [-0.05, 0) is 30.7 Å². The molecule has 0 saturated heterocycles. The zero-order valence-corrected chi connectivity index (χ0v) is 11.8. The van der Waals surface area contributed by atoms with Crippen molar-refractivity contribution in [3.8, 4) is 0 Å². The van der Waals surface area contributed by atoms with Gasteiger partial charge in [-0.25, -0.2) is 0 Å². The Hall–Kier alpha value is -1.16. The molecule has 0 heterocycles. The van der Waals surface area contributed by atoms with E-state index < -0.39 is 5.97 Å². The van der Waals surface area contributed by atoms with E-state index in [4.69, 9.17) is 5.11 Å². The van der Waals surface area contributed by atoms with Crippen LogP contribution in [-0.2, 0) is 4.79 Å². The molecule has 0 aromatic heterocycles. The number of rotatable bonds is 5. The first-order valence-corrected chi connectivity index (χ1v) is 7.09. The van der Waals surface area contributed by atoms with Gasteiger partial charge in [-0.15, -0.1) is 11.8 Å². The fourth-order valence-electron chi connectivity index (χ4n) is 2.10. The van der Waals surface area contributed by atoms with Gasteiger partial charge in [0.25, 0.3) is 0 Å². The Morgan fingerprint density at radius 2 is 2.00 bits per heavy atom. The number of aliphatic carboxylic acids is 1. The molecule has 1 saturated carbocycles. The van der Waals surface area contributed by atoms with E-state index in [1.807, 2.05) is 18.8 Å². The molecule has 1 aliphatic carbocycles. The van der Waals surface area contributed by atoms with Crippen molar-refractivity contribution in [1.29, 1.82) is 0 Å². The van der Waals surface area contributed by atoms with E-state index in [0.717, 1.165) is 12.1 Å². The topological polar surface area (TPSA) is 40.5 Å². The zero-order chi connectivity index (χ0) is 13.3. The van der Waals surface area contributed by atoms with Crippen LogP contribution in [0, 0.1) is 5.92 Å². The van der Waals surface area contributed by atoms with Gasteiger partial charge in [0, 0.05) is 28.9 Å². The van der Waals surface area contributed by atoms with Crippen molar-refractivity contribution in [3.63, 3.8) is 0 Å². The average Bonchev–Trinajstić information content (AvgIpc) is 3.08. The summed E-state index contributed by atoms with van der Waals surface area (Å²) < 4.78 is 0. The standard InChI is InChI=1S/C14H19NO2S/c1-9(2)18-11-6-4-10(5-7-11)15(3)13-8-12(13)14(16)17/h4-7,9,12-13H,8H2,1-3H3,(H,16,17). The summed E-state index contributed by atoms with van der Waals surface area (Å²) in [5.74, 6) is -0.876. The van der Waals surface area contributed by atoms with Gasteiger partial charge in [0.1, 0.15) is 0 Å². The zero-order valence-electron chi connectivity index (χ0n) is 11.0. The Kier molecular flexibility index (Phi) is 3.85. The fraction of sp³-hybridized carbons (Fsp3) is 0.500. The first-order chi connectivity index (χ1) is 8.49. The third-order valence-corrected chi connectivity index (χ3v) is 4.20. The summed E-state index contributed by atoms with van der Waals surface area (Å²) in [7, 11) is 1.97. The molecule has 0 spiro atoms. The molecule has 0 amide bonds. The normalized spacial score (nSPS) is 22.0. The second kappa shape index (κ2) is 5.22. The highest BCUT2D eigenvalue weighted by molar-refractivity contribution is 7.99. The summed E-state index contributed by atoms with van der Waals surface area (Å²) in [4.78, 5) is 14.2. The molecule has 1 aromatic carbocycles. The molecule has 2 unspecified atom stereocenters. The van der Waals surface area contributed by atoms with E-state index in [0.29, 0.717) is 5.25 Å². The van der Waals surface area contributed by atoms with Gasteiger partial charge in [0.15, 0.2) is 0 Å². The molecule has 2 rings (SSSR count). The van der Waals surface area contributed by atoms with Crippen molar-refractivity contribution in [3.05, 3.63) is 24.3 Å². The minimum absolute atomic E-state index is 0.158. The van der Waals surface area contributed by atoms with Crippen LogP contribution in [0.4, 0.5) is 5.69 Å².